The van der Waals surface area contributed by atoms with Crippen molar-refractivity contribution in [1.82, 2.24) is 0 Å². The highest BCUT2D eigenvalue weighted by Crippen LogP contribution is 2.52. The second-order valence-electron chi connectivity index (χ2n) is 4.65. The normalized spacial score (nSPS) is 12.7. The molecule has 0 spiro atoms. The van der Waals surface area contributed by atoms with E-state index in [1.54, 1.807) is 42.5 Å². The predicted molar refractivity (Wildman–Crippen MR) is 87.5 cm³/mol. The Morgan fingerprint density at radius 1 is 1.23 bits per heavy atom. The summed E-state index contributed by atoms with van der Waals surface area (Å²) in [6, 6.07) is 13.3. The maximum absolute atomic E-state index is 11.8. The van der Waals surface area contributed by atoms with Crippen LogP contribution in [0.3, 0.4) is 0 Å². The highest BCUT2D eigenvalue weighted by atomic mass is 35.5. The van der Waals surface area contributed by atoms with Gasteiger partial charge in [0.15, 0.2) is 5.78 Å². The van der Waals surface area contributed by atoms with Crippen LogP contribution in [0.25, 0.3) is 0 Å². The van der Waals surface area contributed by atoms with Crippen molar-refractivity contribution in [3.05, 3.63) is 59.1 Å². The quantitative estimate of drug-likeness (QED) is 0.691. The van der Waals surface area contributed by atoms with E-state index in [0.29, 0.717) is 28.6 Å². The zero-order chi connectivity index (χ0) is 16.2. The van der Waals surface area contributed by atoms with Crippen molar-refractivity contribution in [3.63, 3.8) is 0 Å². The Balaban J connectivity index is 2.26. The van der Waals surface area contributed by atoms with Gasteiger partial charge in [-0.05, 0) is 48.9 Å². The average molecular weight is 342 g/mol. The van der Waals surface area contributed by atoms with Crippen molar-refractivity contribution in [3.8, 4) is 5.75 Å². The van der Waals surface area contributed by atoms with Gasteiger partial charge in [0, 0.05) is 10.7 Å². The molecule has 0 saturated heterocycles. The zero-order valence-electron chi connectivity index (χ0n) is 11.9. The molecule has 0 radical (unpaired) electrons. The number of rotatable bonds is 6. The average Bonchev–Trinajstić information content (AvgIpc) is 2.45. The van der Waals surface area contributed by atoms with Gasteiger partial charge < -0.3 is 19.8 Å². The second-order valence-corrected chi connectivity index (χ2v) is 6.78. The largest absolute Gasteiger partial charge is 0.494 e. The van der Waals surface area contributed by atoms with Crippen molar-refractivity contribution in [2.75, 3.05) is 11.9 Å². The number of ether oxygens (including phenoxy) is 1. The number of anilines is 1. The third-order valence-corrected chi connectivity index (χ3v) is 4.30. The molecule has 0 amide bonds. The van der Waals surface area contributed by atoms with Crippen molar-refractivity contribution >= 4 is 24.9 Å². The third-order valence-electron chi connectivity index (χ3n) is 2.97. The van der Waals surface area contributed by atoms with Crippen molar-refractivity contribution in [2.45, 2.75) is 12.7 Å². The van der Waals surface area contributed by atoms with Crippen LogP contribution in [0.2, 0.25) is 5.02 Å². The first-order valence-electron chi connectivity index (χ1n) is 6.70. The maximum atomic E-state index is 11.8. The van der Waals surface area contributed by atoms with E-state index in [1.165, 1.54) is 6.07 Å². The first-order chi connectivity index (χ1) is 10.4. The predicted octanol–water partition coefficient (Wildman–Crippen LogP) is 4.03. The minimum absolute atomic E-state index is 0.421. The summed E-state index contributed by atoms with van der Waals surface area (Å²) in [5.41, 5.74) is 1.01. The van der Waals surface area contributed by atoms with Gasteiger partial charge >= 0.3 is 7.60 Å². The molecular formula is C15H17ClNO4P. The standard InChI is InChI=1S/C15H17ClNO4P/c1-2-21-14-8-6-13(7-9-14)17-15(22(18,19)20)11-4-3-5-12(16)10-11/h3-10,15,17H,2H2,1H3,(H2,18,19,20)/t15-/m0/s1. The fourth-order valence-corrected chi connectivity index (χ4v) is 3.08. The summed E-state index contributed by atoms with van der Waals surface area (Å²) < 4.78 is 17.1. The van der Waals surface area contributed by atoms with Crippen LogP contribution in [0.15, 0.2) is 48.5 Å². The molecule has 118 valence electrons. The lowest BCUT2D eigenvalue weighted by atomic mass is 10.2. The Hall–Kier alpha value is -1.52. The fourth-order valence-electron chi connectivity index (χ4n) is 2.01. The minimum atomic E-state index is -4.41. The van der Waals surface area contributed by atoms with Crippen LogP contribution in [0, 0.1) is 0 Å². The van der Waals surface area contributed by atoms with Crippen molar-refractivity contribution in [2.24, 2.45) is 0 Å². The highest BCUT2D eigenvalue weighted by molar-refractivity contribution is 7.52. The Morgan fingerprint density at radius 2 is 1.91 bits per heavy atom. The molecule has 0 aromatic heterocycles. The van der Waals surface area contributed by atoms with Gasteiger partial charge in [-0.25, -0.2) is 0 Å². The summed E-state index contributed by atoms with van der Waals surface area (Å²) in [6.45, 7) is 2.44. The van der Waals surface area contributed by atoms with Crippen LogP contribution in [-0.2, 0) is 4.57 Å². The lowest BCUT2D eigenvalue weighted by Gasteiger charge is -2.21. The van der Waals surface area contributed by atoms with E-state index in [4.69, 9.17) is 16.3 Å². The Bertz CT molecular complexity index is 671. The molecule has 0 aliphatic rings. The molecular weight excluding hydrogens is 325 g/mol. The molecule has 5 nitrogen and oxygen atoms in total. The monoisotopic (exact) mass is 341 g/mol. The molecule has 3 N–H and O–H groups in total. The summed E-state index contributed by atoms with van der Waals surface area (Å²) in [6.07, 6.45) is 0. The molecule has 1 atom stereocenters. The summed E-state index contributed by atoms with van der Waals surface area (Å²) in [4.78, 5) is 19.2. The van der Waals surface area contributed by atoms with Gasteiger partial charge in [0.25, 0.3) is 0 Å². The number of halogens is 1. The van der Waals surface area contributed by atoms with Gasteiger partial charge in [-0.15, -0.1) is 0 Å². The molecule has 2 aromatic carbocycles. The summed E-state index contributed by atoms with van der Waals surface area (Å²) >= 11 is 5.90. The second kappa shape index (κ2) is 7.16. The molecule has 0 bridgehead atoms. The first-order valence-corrected chi connectivity index (χ1v) is 8.76. The molecule has 22 heavy (non-hydrogen) atoms. The number of hydrogen-bond acceptors (Lipinski definition) is 3. The van der Waals surface area contributed by atoms with Gasteiger partial charge in [-0.2, -0.15) is 0 Å². The maximum Gasteiger partial charge on any atom is 0.352 e. The van der Waals surface area contributed by atoms with Crippen LogP contribution in [0.5, 0.6) is 5.75 Å². The molecule has 0 aliphatic carbocycles. The van der Waals surface area contributed by atoms with Crippen molar-refractivity contribution < 1.29 is 19.1 Å². The van der Waals surface area contributed by atoms with Crippen LogP contribution >= 0.6 is 19.2 Å². The minimum Gasteiger partial charge on any atom is -0.494 e. The zero-order valence-corrected chi connectivity index (χ0v) is 13.6. The molecule has 0 saturated carbocycles. The van der Waals surface area contributed by atoms with Gasteiger partial charge in [0.2, 0.25) is 0 Å². The van der Waals surface area contributed by atoms with E-state index in [-0.39, 0.29) is 0 Å². The van der Waals surface area contributed by atoms with Crippen LogP contribution in [0.1, 0.15) is 18.3 Å². The Labute approximate surface area is 134 Å². The Kier molecular flexibility index (Phi) is 5.48. The van der Waals surface area contributed by atoms with E-state index in [9.17, 15) is 14.4 Å². The van der Waals surface area contributed by atoms with Gasteiger partial charge in [0.1, 0.15) is 5.75 Å². The van der Waals surface area contributed by atoms with E-state index in [0.717, 1.165) is 0 Å². The fraction of sp³-hybridized carbons (Fsp3) is 0.200. The van der Waals surface area contributed by atoms with Crippen LogP contribution < -0.4 is 10.1 Å². The SMILES string of the molecule is CCOc1ccc(N[C@H](c2cccc(Cl)c2)P(=O)(O)O)cc1. The lowest BCUT2D eigenvalue weighted by molar-refractivity contribution is 0.340. The summed E-state index contributed by atoms with van der Waals surface area (Å²) in [5.74, 6) is -0.465. The van der Waals surface area contributed by atoms with Crippen LogP contribution in [-0.4, -0.2) is 16.4 Å². The molecule has 2 rings (SSSR count). The summed E-state index contributed by atoms with van der Waals surface area (Å²) in [5, 5.41) is 3.28. The van der Waals surface area contributed by atoms with Gasteiger partial charge in [0.05, 0.1) is 6.61 Å². The van der Waals surface area contributed by atoms with E-state index in [1.807, 2.05) is 6.92 Å². The van der Waals surface area contributed by atoms with E-state index in [2.05, 4.69) is 5.32 Å². The number of nitrogens with one attached hydrogen (secondary N) is 1. The molecule has 2 aromatic rings. The highest BCUT2D eigenvalue weighted by Gasteiger charge is 2.30. The van der Waals surface area contributed by atoms with Gasteiger partial charge in [-0.1, -0.05) is 23.7 Å². The molecule has 0 unspecified atom stereocenters. The molecule has 0 heterocycles. The van der Waals surface area contributed by atoms with E-state index >= 15 is 0 Å². The van der Waals surface area contributed by atoms with Crippen LogP contribution in [0.4, 0.5) is 5.69 Å². The summed E-state index contributed by atoms with van der Waals surface area (Å²) in [7, 11) is -4.41. The van der Waals surface area contributed by atoms with Gasteiger partial charge in [-0.3, -0.25) is 4.57 Å². The first kappa shape index (κ1) is 16.8. The number of benzene rings is 2. The lowest BCUT2D eigenvalue weighted by Crippen LogP contribution is -2.11. The molecule has 0 aliphatic heterocycles. The van der Waals surface area contributed by atoms with Crippen molar-refractivity contribution in [1.29, 1.82) is 0 Å². The third kappa shape index (κ3) is 4.49. The molecule has 7 heteroatoms. The van der Waals surface area contributed by atoms with E-state index < -0.39 is 13.4 Å². The molecule has 0 fully saturated rings. The number of hydrogen-bond donors (Lipinski definition) is 3. The Morgan fingerprint density at radius 3 is 2.45 bits per heavy atom. The smallest absolute Gasteiger partial charge is 0.352 e. The topological polar surface area (TPSA) is 78.8 Å².